The highest BCUT2D eigenvalue weighted by atomic mass is 16.4. The Morgan fingerprint density at radius 1 is 0.909 bits per heavy atom. The van der Waals surface area contributed by atoms with Crippen LogP contribution in [0.1, 0.15) is 0 Å². The van der Waals surface area contributed by atoms with Gasteiger partial charge in [-0.2, -0.15) is 0 Å². The van der Waals surface area contributed by atoms with E-state index in [1.165, 1.54) is 0 Å². The third-order valence-corrected chi connectivity index (χ3v) is 3.63. The van der Waals surface area contributed by atoms with Crippen molar-refractivity contribution in [2.75, 3.05) is 0 Å². The van der Waals surface area contributed by atoms with E-state index in [2.05, 4.69) is 9.40 Å². The van der Waals surface area contributed by atoms with Crippen molar-refractivity contribution in [2.45, 2.75) is 0 Å². The van der Waals surface area contributed by atoms with Gasteiger partial charge in [-0.25, -0.2) is 14.6 Å². The van der Waals surface area contributed by atoms with Crippen LogP contribution in [0.25, 0.3) is 22.2 Å². The summed E-state index contributed by atoms with van der Waals surface area (Å²) in [5.74, 6) is -0.557. The molecule has 1 aliphatic carbocycles. The molecule has 0 bridgehead atoms. The number of hydrogen-bond acceptors (Lipinski definition) is 6. The summed E-state index contributed by atoms with van der Waals surface area (Å²) in [7, 11) is 0. The van der Waals surface area contributed by atoms with Crippen molar-refractivity contribution in [3.05, 3.63) is 77.9 Å². The third-order valence-electron chi connectivity index (χ3n) is 3.63. The van der Waals surface area contributed by atoms with Gasteiger partial charge >= 0.3 is 11.3 Å². The highest BCUT2D eigenvalue weighted by Crippen LogP contribution is 2.27. The van der Waals surface area contributed by atoms with Crippen LogP contribution in [0.4, 0.5) is 0 Å². The normalized spacial score (nSPS) is 11.5. The Labute approximate surface area is 121 Å². The zero-order valence-corrected chi connectivity index (χ0v) is 11.0. The Balaban J connectivity index is 2.13. The average Bonchev–Trinajstić information content (AvgIpc) is 2.95. The maximum Gasteiger partial charge on any atom is 0.351 e. The Kier molecular flexibility index (Phi) is 2.33. The summed E-state index contributed by atoms with van der Waals surface area (Å²) in [4.78, 5) is 39.7. The zero-order valence-electron chi connectivity index (χ0n) is 11.0. The van der Waals surface area contributed by atoms with Crippen molar-refractivity contribution >= 4 is 10.9 Å². The van der Waals surface area contributed by atoms with E-state index >= 15 is 0 Å². The molecule has 2 aliphatic rings. The Hall–Kier alpha value is -3.28. The SMILES string of the molecule is O=c1oc(=O)c2c(=O)c(-c3ccc4ccccc4n3)c(O)c1=2. The second-order valence-electron chi connectivity index (χ2n) is 4.87. The number of rotatable bonds is 1. The number of benzene rings is 1. The molecule has 2 heterocycles. The molecular weight excluding hydrogens is 286 g/mol. The molecule has 106 valence electrons. The average molecular weight is 293 g/mol. The Morgan fingerprint density at radius 2 is 1.64 bits per heavy atom. The predicted molar refractivity (Wildman–Crippen MR) is 77.6 cm³/mol. The molecule has 0 saturated heterocycles. The van der Waals surface area contributed by atoms with Gasteiger partial charge in [0.15, 0.2) is 0 Å². The molecule has 0 amide bonds. The van der Waals surface area contributed by atoms with Crippen molar-refractivity contribution in [2.24, 2.45) is 0 Å². The van der Waals surface area contributed by atoms with Crippen LogP contribution < -0.4 is 16.7 Å². The number of aromatic nitrogens is 1. The van der Waals surface area contributed by atoms with Gasteiger partial charge in [0, 0.05) is 5.39 Å². The summed E-state index contributed by atoms with van der Waals surface area (Å²) in [5, 5.41) is 10.2. The number of aromatic hydroxyl groups is 1. The summed E-state index contributed by atoms with van der Waals surface area (Å²) < 4.78 is 4.34. The number of nitrogens with zero attached hydrogens (tertiary/aromatic N) is 1. The van der Waals surface area contributed by atoms with Crippen LogP contribution in [0.15, 0.2) is 55.2 Å². The van der Waals surface area contributed by atoms with E-state index in [0.717, 1.165) is 5.39 Å². The summed E-state index contributed by atoms with van der Waals surface area (Å²) in [6.07, 6.45) is 0. The molecule has 4 rings (SSSR count). The zero-order chi connectivity index (χ0) is 15.4. The van der Waals surface area contributed by atoms with Crippen molar-refractivity contribution in [3.63, 3.8) is 0 Å². The smallest absolute Gasteiger partial charge is 0.351 e. The highest BCUT2D eigenvalue weighted by molar-refractivity contribution is 5.82. The van der Waals surface area contributed by atoms with E-state index in [4.69, 9.17) is 0 Å². The molecule has 0 radical (unpaired) electrons. The molecule has 0 saturated carbocycles. The molecule has 1 aliphatic heterocycles. The van der Waals surface area contributed by atoms with E-state index in [9.17, 15) is 19.5 Å². The highest BCUT2D eigenvalue weighted by Gasteiger charge is 2.23. The van der Waals surface area contributed by atoms with Crippen molar-refractivity contribution in [1.29, 1.82) is 0 Å². The lowest BCUT2D eigenvalue weighted by atomic mass is 10.1. The summed E-state index contributed by atoms with van der Waals surface area (Å²) in [5.41, 5.74) is -2.11. The molecule has 0 spiro atoms. The summed E-state index contributed by atoms with van der Waals surface area (Å²) in [6, 6.07) is 10.6. The predicted octanol–water partition coefficient (Wildman–Crippen LogP) is 0.881. The lowest BCUT2D eigenvalue weighted by Crippen LogP contribution is -2.10. The molecule has 22 heavy (non-hydrogen) atoms. The minimum absolute atomic E-state index is 0.152. The van der Waals surface area contributed by atoms with E-state index in [1.807, 2.05) is 12.1 Å². The number of fused-ring (bicyclic) bond motifs is 1. The molecule has 0 atom stereocenters. The van der Waals surface area contributed by atoms with Crippen LogP contribution in [0.5, 0.6) is 5.75 Å². The van der Waals surface area contributed by atoms with E-state index in [1.54, 1.807) is 24.3 Å². The third kappa shape index (κ3) is 1.49. The Bertz CT molecular complexity index is 1240. The minimum Gasteiger partial charge on any atom is -0.506 e. The van der Waals surface area contributed by atoms with Crippen molar-refractivity contribution < 1.29 is 9.52 Å². The largest absolute Gasteiger partial charge is 0.506 e. The van der Waals surface area contributed by atoms with Crippen molar-refractivity contribution in [3.8, 4) is 17.0 Å². The lowest BCUT2D eigenvalue weighted by Gasteiger charge is -2.01. The second kappa shape index (κ2) is 4.11. The fourth-order valence-corrected chi connectivity index (χ4v) is 2.61. The Morgan fingerprint density at radius 3 is 2.41 bits per heavy atom. The second-order valence-corrected chi connectivity index (χ2v) is 4.87. The van der Waals surface area contributed by atoms with Gasteiger partial charge in [0.25, 0.3) is 0 Å². The molecule has 0 unspecified atom stereocenters. The first-order valence-electron chi connectivity index (χ1n) is 6.43. The van der Waals surface area contributed by atoms with Crippen LogP contribution in [0.2, 0.25) is 0 Å². The molecular formula is C16H7NO5. The molecule has 1 N–H and O–H groups in total. The van der Waals surface area contributed by atoms with Crippen LogP contribution in [0, 0.1) is 10.4 Å². The minimum atomic E-state index is -1.03. The van der Waals surface area contributed by atoms with Crippen LogP contribution in [0.3, 0.4) is 0 Å². The van der Waals surface area contributed by atoms with Crippen LogP contribution >= 0.6 is 0 Å². The standard InChI is InChI=1S/C16H7NO5/c18-13-10(14(19)12-11(13)15(20)22-16(12)21)9-6-5-7-3-1-2-4-8(7)17-9/h1-6,18H. The quantitative estimate of drug-likeness (QED) is 0.559. The van der Waals surface area contributed by atoms with Gasteiger partial charge < -0.3 is 9.52 Å². The molecule has 2 aromatic rings. The van der Waals surface area contributed by atoms with Gasteiger partial charge in [-0.15, -0.1) is 0 Å². The first kappa shape index (κ1) is 12.5. The lowest BCUT2D eigenvalue weighted by molar-refractivity contribution is 0.460. The topological polar surface area (TPSA) is 97.5 Å². The molecule has 0 fully saturated rings. The number of para-hydroxylation sites is 1. The first-order chi connectivity index (χ1) is 10.6. The van der Waals surface area contributed by atoms with Crippen molar-refractivity contribution in [1.82, 2.24) is 4.98 Å². The van der Waals surface area contributed by atoms with E-state index in [0.29, 0.717) is 5.52 Å². The monoisotopic (exact) mass is 293 g/mol. The fourth-order valence-electron chi connectivity index (χ4n) is 2.61. The van der Waals surface area contributed by atoms with Crippen LogP contribution in [-0.2, 0) is 0 Å². The fraction of sp³-hybridized carbons (Fsp3) is 0. The molecule has 6 heteroatoms. The van der Waals surface area contributed by atoms with Gasteiger partial charge in [-0.05, 0) is 12.1 Å². The van der Waals surface area contributed by atoms with Gasteiger partial charge in [0.2, 0.25) is 5.43 Å². The van der Waals surface area contributed by atoms with E-state index < -0.39 is 27.6 Å². The van der Waals surface area contributed by atoms with Gasteiger partial charge in [-0.3, -0.25) is 4.79 Å². The molecule has 6 nitrogen and oxygen atoms in total. The van der Waals surface area contributed by atoms with Gasteiger partial charge in [-0.1, -0.05) is 24.3 Å². The maximum atomic E-state index is 12.3. The number of pyridine rings is 1. The summed E-state index contributed by atoms with van der Waals surface area (Å²) in [6.45, 7) is 0. The van der Waals surface area contributed by atoms with E-state index in [-0.39, 0.29) is 16.5 Å². The number of hydrogen-bond donors (Lipinski definition) is 1. The first-order valence-corrected chi connectivity index (χ1v) is 6.43. The summed E-state index contributed by atoms with van der Waals surface area (Å²) >= 11 is 0. The molecule has 1 aromatic carbocycles. The van der Waals surface area contributed by atoms with Gasteiger partial charge in [0.05, 0.1) is 16.8 Å². The van der Waals surface area contributed by atoms with Crippen LogP contribution in [-0.4, -0.2) is 10.1 Å². The van der Waals surface area contributed by atoms with Gasteiger partial charge in [0.1, 0.15) is 16.2 Å². The molecule has 1 aromatic heterocycles. The maximum absolute atomic E-state index is 12.3.